The van der Waals surface area contributed by atoms with E-state index in [0.717, 1.165) is 42.5 Å². The van der Waals surface area contributed by atoms with Crippen LogP contribution in [0.25, 0.3) is 0 Å². The third-order valence-corrected chi connectivity index (χ3v) is 4.04. The van der Waals surface area contributed by atoms with Gasteiger partial charge < -0.3 is 10.1 Å². The van der Waals surface area contributed by atoms with E-state index in [2.05, 4.69) is 16.5 Å². The van der Waals surface area contributed by atoms with Crippen LogP contribution in [0.3, 0.4) is 0 Å². The first-order chi connectivity index (χ1) is 10.3. The number of hydrogen-bond acceptors (Lipinski definition) is 3. The average molecular weight is 285 g/mol. The molecule has 0 saturated carbocycles. The van der Waals surface area contributed by atoms with Crippen LogP contribution in [0.2, 0.25) is 0 Å². The Balaban J connectivity index is 1.89. The van der Waals surface area contributed by atoms with E-state index in [4.69, 9.17) is 4.74 Å². The number of carbonyl (C=O) groups excluding carboxylic acids is 1. The maximum absolute atomic E-state index is 10.7. The number of hydrogen-bond donors (Lipinski definition) is 1. The van der Waals surface area contributed by atoms with Gasteiger partial charge in [-0.2, -0.15) is 5.10 Å². The lowest BCUT2D eigenvalue weighted by atomic mass is 9.93. The average Bonchev–Trinajstić information content (AvgIpc) is 2.92. The number of ether oxygens (including phenoxy) is 1. The Kier molecular flexibility index (Phi) is 3.90. The van der Waals surface area contributed by atoms with E-state index >= 15 is 0 Å². The first kappa shape index (κ1) is 13.7. The highest BCUT2D eigenvalue weighted by molar-refractivity contribution is 5.48. The summed E-state index contributed by atoms with van der Waals surface area (Å²) in [6.07, 6.45) is 5.70. The molecule has 0 saturated heterocycles. The number of nitrogens with zero attached hydrogens (tertiary/aromatic N) is 2. The molecule has 1 aliphatic carbocycles. The summed E-state index contributed by atoms with van der Waals surface area (Å²) in [5, 5.41) is 7.39. The highest BCUT2D eigenvalue weighted by atomic mass is 16.5. The van der Waals surface area contributed by atoms with Gasteiger partial charge in [0.1, 0.15) is 5.75 Å². The lowest BCUT2D eigenvalue weighted by Crippen LogP contribution is -2.24. The fourth-order valence-corrected chi connectivity index (χ4v) is 3.01. The Labute approximate surface area is 123 Å². The standard InChI is InChI=1S/C16H19N3O2/c1-21-16-8-3-2-5-12(16)10-19-15-7-4-6-14(17-11-20)13(15)9-18-19/h2-3,5,8-9,11,14H,4,6-7,10H2,1H3,(H,17,20)/t14-/m0/s1. The number of amides is 1. The first-order valence-corrected chi connectivity index (χ1v) is 7.19. The third kappa shape index (κ3) is 2.63. The summed E-state index contributed by atoms with van der Waals surface area (Å²) in [6.45, 7) is 0.688. The summed E-state index contributed by atoms with van der Waals surface area (Å²) in [4.78, 5) is 10.7. The van der Waals surface area contributed by atoms with Gasteiger partial charge in [0.15, 0.2) is 0 Å². The molecule has 2 aromatic rings. The van der Waals surface area contributed by atoms with Gasteiger partial charge in [0.25, 0.3) is 0 Å². The van der Waals surface area contributed by atoms with Gasteiger partial charge in [0, 0.05) is 16.8 Å². The molecule has 1 atom stereocenters. The smallest absolute Gasteiger partial charge is 0.207 e. The zero-order valence-electron chi connectivity index (χ0n) is 12.1. The molecule has 1 N–H and O–H groups in total. The van der Waals surface area contributed by atoms with Crippen LogP contribution in [0.15, 0.2) is 30.5 Å². The first-order valence-electron chi connectivity index (χ1n) is 7.19. The summed E-state index contributed by atoms with van der Waals surface area (Å²) in [5.41, 5.74) is 3.46. The van der Waals surface area contributed by atoms with Crippen LogP contribution in [0, 0.1) is 0 Å². The fraction of sp³-hybridized carbons (Fsp3) is 0.375. The number of rotatable bonds is 5. The van der Waals surface area contributed by atoms with Crippen molar-refractivity contribution >= 4 is 6.41 Å². The highest BCUT2D eigenvalue weighted by Crippen LogP contribution is 2.30. The molecule has 0 radical (unpaired) electrons. The van der Waals surface area contributed by atoms with Gasteiger partial charge >= 0.3 is 0 Å². The molecule has 1 amide bonds. The van der Waals surface area contributed by atoms with Gasteiger partial charge in [0.05, 0.1) is 25.9 Å². The monoisotopic (exact) mass is 285 g/mol. The second-order valence-electron chi connectivity index (χ2n) is 5.25. The normalized spacial score (nSPS) is 17.1. The predicted octanol–water partition coefficient (Wildman–Crippen LogP) is 2.06. The fourth-order valence-electron chi connectivity index (χ4n) is 3.01. The minimum Gasteiger partial charge on any atom is -0.496 e. The predicted molar refractivity (Wildman–Crippen MR) is 79.2 cm³/mol. The maximum atomic E-state index is 10.7. The Hall–Kier alpha value is -2.30. The number of methoxy groups -OCH3 is 1. The number of para-hydroxylation sites is 1. The van der Waals surface area contributed by atoms with E-state index in [1.807, 2.05) is 29.1 Å². The van der Waals surface area contributed by atoms with Crippen molar-refractivity contribution in [2.45, 2.75) is 31.8 Å². The third-order valence-electron chi connectivity index (χ3n) is 4.04. The van der Waals surface area contributed by atoms with Gasteiger partial charge in [-0.15, -0.1) is 0 Å². The number of benzene rings is 1. The molecule has 1 aliphatic rings. The highest BCUT2D eigenvalue weighted by Gasteiger charge is 2.24. The molecule has 110 valence electrons. The van der Waals surface area contributed by atoms with Gasteiger partial charge in [-0.3, -0.25) is 9.48 Å². The Morgan fingerprint density at radius 1 is 1.48 bits per heavy atom. The maximum Gasteiger partial charge on any atom is 0.207 e. The van der Waals surface area contributed by atoms with Crippen LogP contribution in [0.4, 0.5) is 0 Å². The van der Waals surface area contributed by atoms with Crippen LogP contribution < -0.4 is 10.1 Å². The summed E-state index contributed by atoms with van der Waals surface area (Å²) < 4.78 is 7.42. The molecule has 0 fully saturated rings. The van der Waals surface area contributed by atoms with Crippen molar-refractivity contribution in [3.8, 4) is 5.75 Å². The van der Waals surface area contributed by atoms with Crippen molar-refractivity contribution in [2.24, 2.45) is 0 Å². The van der Waals surface area contributed by atoms with Gasteiger partial charge in [-0.25, -0.2) is 0 Å². The molecule has 1 aromatic heterocycles. The molecular weight excluding hydrogens is 266 g/mol. The van der Waals surface area contributed by atoms with Crippen LogP contribution in [0.5, 0.6) is 5.75 Å². The second kappa shape index (κ2) is 5.99. The van der Waals surface area contributed by atoms with Crippen molar-refractivity contribution < 1.29 is 9.53 Å². The molecule has 0 spiro atoms. The van der Waals surface area contributed by atoms with E-state index in [1.54, 1.807) is 7.11 Å². The quantitative estimate of drug-likeness (QED) is 0.856. The van der Waals surface area contributed by atoms with E-state index < -0.39 is 0 Å². The van der Waals surface area contributed by atoms with Crippen LogP contribution in [0.1, 0.15) is 35.7 Å². The molecule has 5 heteroatoms. The SMILES string of the molecule is COc1ccccc1Cn1ncc2c1CCC[C@@H]2NC=O. The molecule has 0 aliphatic heterocycles. The summed E-state index contributed by atoms with van der Waals surface area (Å²) >= 11 is 0. The van der Waals surface area contributed by atoms with E-state index in [9.17, 15) is 4.79 Å². The van der Waals surface area contributed by atoms with Gasteiger partial charge in [-0.1, -0.05) is 18.2 Å². The molecule has 1 heterocycles. The molecular formula is C16H19N3O2. The van der Waals surface area contributed by atoms with Gasteiger partial charge in [-0.05, 0) is 25.3 Å². The van der Waals surface area contributed by atoms with Crippen LogP contribution >= 0.6 is 0 Å². The van der Waals surface area contributed by atoms with Crippen molar-refractivity contribution in [3.05, 3.63) is 47.3 Å². The molecule has 21 heavy (non-hydrogen) atoms. The van der Waals surface area contributed by atoms with Crippen molar-refractivity contribution in [3.63, 3.8) is 0 Å². The Bertz CT molecular complexity index is 636. The molecule has 0 unspecified atom stereocenters. The van der Waals surface area contributed by atoms with Crippen LogP contribution in [-0.4, -0.2) is 23.3 Å². The Morgan fingerprint density at radius 3 is 3.14 bits per heavy atom. The molecule has 1 aromatic carbocycles. The minimum atomic E-state index is 0.0951. The molecule has 0 bridgehead atoms. The number of carbonyl (C=O) groups is 1. The van der Waals surface area contributed by atoms with Gasteiger partial charge in [0.2, 0.25) is 6.41 Å². The Morgan fingerprint density at radius 2 is 2.33 bits per heavy atom. The van der Waals surface area contributed by atoms with Crippen molar-refractivity contribution in [2.75, 3.05) is 7.11 Å². The number of nitrogens with one attached hydrogen (secondary N) is 1. The van der Waals surface area contributed by atoms with E-state index in [1.165, 1.54) is 5.69 Å². The number of aromatic nitrogens is 2. The second-order valence-corrected chi connectivity index (χ2v) is 5.25. The topological polar surface area (TPSA) is 56.1 Å². The molecule has 3 rings (SSSR count). The van der Waals surface area contributed by atoms with E-state index in [-0.39, 0.29) is 6.04 Å². The molecule has 5 nitrogen and oxygen atoms in total. The van der Waals surface area contributed by atoms with Crippen molar-refractivity contribution in [1.29, 1.82) is 0 Å². The number of fused-ring (bicyclic) bond motifs is 1. The minimum absolute atomic E-state index is 0.0951. The largest absolute Gasteiger partial charge is 0.496 e. The lowest BCUT2D eigenvalue weighted by Gasteiger charge is -2.22. The zero-order valence-corrected chi connectivity index (χ0v) is 12.1. The van der Waals surface area contributed by atoms with E-state index in [0.29, 0.717) is 6.54 Å². The van der Waals surface area contributed by atoms with Crippen LogP contribution in [-0.2, 0) is 17.8 Å². The lowest BCUT2D eigenvalue weighted by molar-refractivity contribution is -0.110. The van der Waals surface area contributed by atoms with Crippen molar-refractivity contribution in [1.82, 2.24) is 15.1 Å². The zero-order chi connectivity index (χ0) is 14.7. The summed E-state index contributed by atoms with van der Waals surface area (Å²) in [7, 11) is 1.68. The summed E-state index contributed by atoms with van der Waals surface area (Å²) in [6, 6.07) is 8.08. The summed E-state index contributed by atoms with van der Waals surface area (Å²) in [5.74, 6) is 0.875.